The highest BCUT2D eigenvalue weighted by atomic mass is 79.9. The first-order valence-corrected chi connectivity index (χ1v) is 14.2. The van der Waals surface area contributed by atoms with E-state index in [1.54, 1.807) is 12.7 Å². The van der Waals surface area contributed by atoms with Crippen molar-refractivity contribution in [1.82, 2.24) is 49.0 Å². The van der Waals surface area contributed by atoms with Crippen molar-refractivity contribution in [3.05, 3.63) is 79.6 Å². The first kappa shape index (κ1) is 29.3. The molecule has 0 saturated carbocycles. The summed E-state index contributed by atoms with van der Waals surface area (Å²) in [4.78, 5) is 34.1. The lowest BCUT2D eigenvalue weighted by Crippen LogP contribution is -2.06. The number of anilines is 2. The molecule has 0 aliphatic rings. The van der Waals surface area contributed by atoms with Gasteiger partial charge >= 0.3 is 0 Å². The van der Waals surface area contributed by atoms with Crippen molar-refractivity contribution in [2.45, 2.75) is 54.6 Å². The fourth-order valence-corrected chi connectivity index (χ4v) is 5.17. The van der Waals surface area contributed by atoms with Crippen molar-refractivity contribution >= 4 is 61.8 Å². The molecule has 6 rings (SSSR count). The normalized spacial score (nSPS) is 11.2. The van der Waals surface area contributed by atoms with E-state index in [0.717, 1.165) is 11.4 Å². The van der Waals surface area contributed by atoms with Gasteiger partial charge in [-0.05, 0) is 90.9 Å². The Balaban J connectivity index is 0.000000168. The lowest BCUT2D eigenvalue weighted by molar-refractivity contribution is 0.778. The molecule has 6 aromatic rings. The summed E-state index contributed by atoms with van der Waals surface area (Å²) >= 11 is 9.39. The van der Waals surface area contributed by atoms with E-state index in [9.17, 15) is 0 Å². The van der Waals surface area contributed by atoms with Crippen LogP contribution in [0.2, 0.25) is 5.15 Å². The molecule has 0 radical (unpaired) electrons. The molecule has 0 saturated heterocycles. The van der Waals surface area contributed by atoms with Crippen LogP contribution >= 0.6 is 27.5 Å². The summed E-state index contributed by atoms with van der Waals surface area (Å²) in [6.07, 6.45) is 7.20. The van der Waals surface area contributed by atoms with Crippen LogP contribution in [0, 0.1) is 41.5 Å². The highest BCUT2D eigenvalue weighted by molar-refractivity contribution is 9.10. The minimum Gasteiger partial charge on any atom is -0.368 e. The van der Waals surface area contributed by atoms with Crippen LogP contribution in [0.3, 0.4) is 0 Å². The molecular formula is C28H30BrClN12. The number of pyridine rings is 2. The first-order chi connectivity index (χ1) is 19.9. The van der Waals surface area contributed by atoms with Gasteiger partial charge in [0.15, 0.2) is 16.4 Å². The lowest BCUT2D eigenvalue weighted by atomic mass is 10.0. The zero-order chi connectivity index (χ0) is 30.3. The molecule has 42 heavy (non-hydrogen) atoms. The first-order valence-electron chi connectivity index (χ1n) is 13.1. The maximum Gasteiger partial charge on any atom is 0.223 e. The minimum absolute atomic E-state index is 0.138. The van der Waals surface area contributed by atoms with Gasteiger partial charge in [0, 0.05) is 12.4 Å². The minimum atomic E-state index is 0.138. The second-order valence-electron chi connectivity index (χ2n) is 10.1. The van der Waals surface area contributed by atoms with Gasteiger partial charge in [-0.3, -0.25) is 9.97 Å². The maximum absolute atomic E-state index is 6.03. The summed E-state index contributed by atoms with van der Waals surface area (Å²) in [7, 11) is 0. The van der Waals surface area contributed by atoms with E-state index in [1.165, 1.54) is 33.4 Å². The SMILES string of the molecule is Cc1cnc(Cn2cnc3c(Br)nc(N)nc32)c(C)c1C.Cc1cnc(Cn2cnc3c(Cl)nc(N)nc32)c(C)c1C. The van der Waals surface area contributed by atoms with Crippen molar-refractivity contribution in [1.29, 1.82) is 0 Å². The Labute approximate surface area is 255 Å². The average Bonchev–Trinajstić information content (AvgIpc) is 3.54. The Morgan fingerprint density at radius 1 is 0.643 bits per heavy atom. The second kappa shape index (κ2) is 11.6. The molecule has 0 fully saturated rings. The Bertz CT molecular complexity index is 1820. The van der Waals surface area contributed by atoms with Gasteiger partial charge in [0.1, 0.15) is 15.6 Å². The van der Waals surface area contributed by atoms with Crippen molar-refractivity contribution in [2.24, 2.45) is 0 Å². The van der Waals surface area contributed by atoms with E-state index in [4.69, 9.17) is 23.1 Å². The van der Waals surface area contributed by atoms with E-state index in [-0.39, 0.29) is 17.0 Å². The Hall–Kier alpha value is -4.23. The summed E-state index contributed by atoms with van der Waals surface area (Å²) in [5.74, 6) is 0.361. The van der Waals surface area contributed by atoms with E-state index < -0.39 is 0 Å². The number of hydrogen-bond donors (Lipinski definition) is 2. The molecule has 12 nitrogen and oxygen atoms in total. The summed E-state index contributed by atoms with van der Waals surface area (Å²) in [5, 5.41) is 0.265. The number of halogens is 2. The number of nitrogens with zero attached hydrogens (tertiary/aromatic N) is 10. The van der Waals surface area contributed by atoms with Crippen LogP contribution in [-0.2, 0) is 13.1 Å². The molecule has 0 spiro atoms. The van der Waals surface area contributed by atoms with Gasteiger partial charge in [0.25, 0.3) is 0 Å². The number of hydrogen-bond acceptors (Lipinski definition) is 10. The summed E-state index contributed by atoms with van der Waals surface area (Å²) < 4.78 is 4.42. The average molecular weight is 650 g/mol. The monoisotopic (exact) mass is 648 g/mol. The van der Waals surface area contributed by atoms with Crippen LogP contribution in [-0.4, -0.2) is 49.0 Å². The zero-order valence-corrected chi connectivity index (χ0v) is 26.4. The number of rotatable bonds is 4. The lowest BCUT2D eigenvalue weighted by Gasteiger charge is -2.11. The number of nitrogen functional groups attached to an aromatic ring is 2. The molecule has 0 aliphatic carbocycles. The van der Waals surface area contributed by atoms with E-state index in [2.05, 4.69) is 97.3 Å². The molecule has 4 N–H and O–H groups in total. The Morgan fingerprint density at radius 2 is 1.10 bits per heavy atom. The van der Waals surface area contributed by atoms with E-state index in [1.807, 2.05) is 21.5 Å². The topological polar surface area (TPSA) is 165 Å². The zero-order valence-electron chi connectivity index (χ0n) is 24.1. The van der Waals surface area contributed by atoms with Crippen molar-refractivity contribution in [2.75, 3.05) is 11.5 Å². The largest absolute Gasteiger partial charge is 0.368 e. The molecule has 6 heterocycles. The van der Waals surface area contributed by atoms with Crippen LogP contribution in [0.5, 0.6) is 0 Å². The summed E-state index contributed by atoms with van der Waals surface area (Å²) in [5.41, 5.74) is 23.2. The molecule has 14 heteroatoms. The van der Waals surface area contributed by atoms with Gasteiger partial charge in [-0.15, -0.1) is 0 Å². The number of aromatic nitrogens is 10. The highest BCUT2D eigenvalue weighted by Gasteiger charge is 2.14. The van der Waals surface area contributed by atoms with Crippen LogP contribution in [0.1, 0.15) is 44.8 Å². The molecule has 0 aromatic carbocycles. The smallest absolute Gasteiger partial charge is 0.223 e. The van der Waals surface area contributed by atoms with Crippen molar-refractivity contribution in [3.8, 4) is 0 Å². The summed E-state index contributed by atoms with van der Waals surface area (Å²) in [6, 6.07) is 0. The van der Waals surface area contributed by atoms with E-state index in [0.29, 0.717) is 40.0 Å². The third kappa shape index (κ3) is 5.61. The number of nitrogens with two attached hydrogens (primary N) is 2. The standard InChI is InChI=1S/C14H15BrN6.C14H15ClN6/c2*1-7-4-17-10(9(3)8(7)2)5-21-6-18-11-12(15)19-14(16)20-13(11)21/h2*4,6H,5H2,1-3H3,(H2,16,19,20). The van der Waals surface area contributed by atoms with Crippen LogP contribution in [0.4, 0.5) is 11.9 Å². The van der Waals surface area contributed by atoms with Crippen molar-refractivity contribution < 1.29 is 0 Å². The van der Waals surface area contributed by atoms with Crippen LogP contribution in [0.15, 0.2) is 29.7 Å². The molecular weight excluding hydrogens is 620 g/mol. The quantitative estimate of drug-likeness (QED) is 0.249. The second-order valence-corrected chi connectivity index (χ2v) is 11.2. The maximum atomic E-state index is 6.03. The number of aryl methyl sites for hydroxylation is 2. The van der Waals surface area contributed by atoms with Crippen LogP contribution in [0.25, 0.3) is 22.3 Å². The Kier molecular flexibility index (Phi) is 8.06. The van der Waals surface area contributed by atoms with Gasteiger partial charge < -0.3 is 20.6 Å². The third-order valence-electron chi connectivity index (χ3n) is 7.52. The molecule has 0 aliphatic heterocycles. The highest BCUT2D eigenvalue weighted by Crippen LogP contribution is 2.23. The van der Waals surface area contributed by atoms with Crippen LogP contribution < -0.4 is 11.5 Å². The number of imidazole rings is 2. The van der Waals surface area contributed by atoms with Gasteiger partial charge in [0.05, 0.1) is 37.1 Å². The molecule has 216 valence electrons. The van der Waals surface area contributed by atoms with Crippen molar-refractivity contribution in [3.63, 3.8) is 0 Å². The predicted molar refractivity (Wildman–Crippen MR) is 167 cm³/mol. The molecule has 0 amide bonds. The molecule has 0 unspecified atom stereocenters. The third-order valence-corrected chi connectivity index (χ3v) is 8.34. The molecule has 0 atom stereocenters. The Morgan fingerprint density at radius 3 is 1.62 bits per heavy atom. The summed E-state index contributed by atoms with van der Waals surface area (Å²) in [6.45, 7) is 13.7. The van der Waals surface area contributed by atoms with Gasteiger partial charge in [0.2, 0.25) is 11.9 Å². The fourth-order valence-electron chi connectivity index (χ4n) is 4.49. The van der Waals surface area contributed by atoms with Gasteiger partial charge in [-0.25, -0.2) is 15.0 Å². The van der Waals surface area contributed by atoms with Gasteiger partial charge in [-0.2, -0.15) is 15.0 Å². The van der Waals surface area contributed by atoms with Gasteiger partial charge in [-0.1, -0.05) is 11.6 Å². The fraction of sp³-hybridized carbons (Fsp3) is 0.286. The molecule has 6 aromatic heterocycles. The number of fused-ring (bicyclic) bond motifs is 2. The van der Waals surface area contributed by atoms with E-state index >= 15 is 0 Å². The molecule has 0 bridgehead atoms. The predicted octanol–water partition coefficient (Wildman–Crippen LogP) is 4.97.